The monoisotopic (exact) mass is 262 g/mol. The fourth-order valence-electron chi connectivity index (χ4n) is 4.16. The number of hydrogen-bond acceptors (Lipinski definition) is 2. The van der Waals surface area contributed by atoms with E-state index in [-0.39, 0.29) is 17.5 Å². The third kappa shape index (κ3) is 2.53. The summed E-state index contributed by atoms with van der Waals surface area (Å²) in [4.78, 5) is 0. The largest absolute Gasteiger partial charge is 0.328 e. The Bertz CT molecular complexity index is 403. The van der Waals surface area contributed by atoms with Crippen molar-refractivity contribution in [2.24, 2.45) is 28.7 Å². The topological polar surface area (TPSA) is 52.0 Å². The number of allylic oxidation sites excluding steroid dienone is 2. The molecule has 0 aromatic carbocycles. The molecule has 4 atom stereocenters. The Balaban J connectivity index is 2.50. The molecular formula is C17H30N2. The lowest BCUT2D eigenvalue weighted by Crippen LogP contribution is -2.54. The summed E-state index contributed by atoms with van der Waals surface area (Å²) >= 11 is 0. The highest BCUT2D eigenvalue weighted by Gasteiger charge is 2.46. The first-order chi connectivity index (χ1) is 8.75. The molecule has 2 nitrogen and oxygen atoms in total. The highest BCUT2D eigenvalue weighted by atomic mass is 14.8. The summed E-state index contributed by atoms with van der Waals surface area (Å²) in [6, 6.07) is 0.452. The molecule has 2 aliphatic carbocycles. The second-order valence-corrected chi connectivity index (χ2v) is 7.42. The molecule has 4 N–H and O–H groups in total. The number of fused-ring (bicyclic) bond motifs is 1. The van der Waals surface area contributed by atoms with Crippen LogP contribution in [0.3, 0.4) is 0 Å². The molecule has 108 valence electrons. The van der Waals surface area contributed by atoms with Crippen LogP contribution in [0.25, 0.3) is 0 Å². The lowest BCUT2D eigenvalue weighted by molar-refractivity contribution is 0.130. The van der Waals surface area contributed by atoms with Gasteiger partial charge in [0.2, 0.25) is 0 Å². The number of hydrogen-bond donors (Lipinski definition) is 2. The van der Waals surface area contributed by atoms with Crippen LogP contribution in [0.4, 0.5) is 0 Å². The molecule has 0 radical (unpaired) electrons. The van der Waals surface area contributed by atoms with Crippen LogP contribution in [-0.4, -0.2) is 12.1 Å². The number of rotatable bonds is 2. The molecule has 0 aromatic rings. The van der Waals surface area contributed by atoms with Gasteiger partial charge in [-0.1, -0.05) is 31.6 Å². The van der Waals surface area contributed by atoms with Gasteiger partial charge in [-0.3, -0.25) is 0 Å². The fourth-order valence-corrected chi connectivity index (χ4v) is 4.16. The first-order valence-corrected chi connectivity index (χ1v) is 7.64. The quantitative estimate of drug-likeness (QED) is 0.801. The predicted molar refractivity (Wildman–Crippen MR) is 82.7 cm³/mol. The molecule has 0 heterocycles. The van der Waals surface area contributed by atoms with E-state index in [2.05, 4.69) is 34.3 Å². The van der Waals surface area contributed by atoms with E-state index >= 15 is 0 Å². The van der Waals surface area contributed by atoms with Crippen molar-refractivity contribution < 1.29 is 0 Å². The van der Waals surface area contributed by atoms with Crippen LogP contribution in [0.1, 0.15) is 53.4 Å². The third-order valence-electron chi connectivity index (χ3n) is 5.35. The summed E-state index contributed by atoms with van der Waals surface area (Å²) in [6.45, 7) is 13.1. The lowest BCUT2D eigenvalue weighted by atomic mass is 9.57. The minimum Gasteiger partial charge on any atom is -0.328 e. The standard InChI is InChI=1S/C17H30N2/c1-10(2)14-9-17(4,5)16(19)15-12(11(3)18)7-6-8-13(14)15/h11-12,15-16H,1,6-9,18-19H2,2-5H3/t11-,12?,15?,16?/m0/s1. The smallest absolute Gasteiger partial charge is 0.0163 e. The molecule has 2 heteroatoms. The molecule has 1 fully saturated rings. The van der Waals surface area contributed by atoms with E-state index in [1.165, 1.54) is 30.4 Å². The van der Waals surface area contributed by atoms with Crippen molar-refractivity contribution in [1.82, 2.24) is 0 Å². The summed E-state index contributed by atoms with van der Waals surface area (Å²) in [5, 5.41) is 0. The fraction of sp³-hybridized carbons (Fsp3) is 0.765. The molecule has 0 amide bonds. The summed E-state index contributed by atoms with van der Waals surface area (Å²) < 4.78 is 0. The van der Waals surface area contributed by atoms with Gasteiger partial charge < -0.3 is 11.5 Å². The van der Waals surface area contributed by atoms with Gasteiger partial charge in [0, 0.05) is 18.0 Å². The maximum absolute atomic E-state index is 6.64. The SMILES string of the molecule is C=C(C)C1=C2CCCC([C@H](C)N)C2C(N)C(C)(C)C1. The molecule has 0 bridgehead atoms. The number of nitrogens with two attached hydrogens (primary N) is 2. The van der Waals surface area contributed by atoms with Gasteiger partial charge in [0.1, 0.15) is 0 Å². The highest BCUT2D eigenvalue weighted by molar-refractivity contribution is 5.39. The van der Waals surface area contributed by atoms with Gasteiger partial charge in [-0.25, -0.2) is 0 Å². The molecular weight excluding hydrogens is 232 g/mol. The van der Waals surface area contributed by atoms with Crippen molar-refractivity contribution in [3.05, 3.63) is 23.3 Å². The van der Waals surface area contributed by atoms with Crippen LogP contribution in [0.2, 0.25) is 0 Å². The molecule has 2 rings (SSSR count). The summed E-state index contributed by atoms with van der Waals surface area (Å²) in [7, 11) is 0. The van der Waals surface area contributed by atoms with Crippen molar-refractivity contribution in [3.8, 4) is 0 Å². The molecule has 19 heavy (non-hydrogen) atoms. The average Bonchev–Trinajstić information content (AvgIpc) is 2.32. The van der Waals surface area contributed by atoms with E-state index in [0.717, 1.165) is 6.42 Å². The summed E-state index contributed by atoms with van der Waals surface area (Å²) in [5.74, 6) is 0.997. The normalized spacial score (nSPS) is 35.8. The first-order valence-electron chi connectivity index (χ1n) is 7.64. The van der Waals surface area contributed by atoms with Crippen LogP contribution >= 0.6 is 0 Å². The minimum atomic E-state index is 0.146. The zero-order valence-electron chi connectivity index (χ0n) is 13.0. The molecule has 3 unspecified atom stereocenters. The molecule has 0 aromatic heterocycles. The van der Waals surface area contributed by atoms with E-state index in [9.17, 15) is 0 Å². The van der Waals surface area contributed by atoms with Crippen LogP contribution in [0.5, 0.6) is 0 Å². The Labute approximate surface area is 118 Å². The Morgan fingerprint density at radius 3 is 2.58 bits per heavy atom. The van der Waals surface area contributed by atoms with E-state index in [4.69, 9.17) is 11.5 Å². The van der Waals surface area contributed by atoms with Gasteiger partial charge in [-0.15, -0.1) is 0 Å². The average molecular weight is 262 g/mol. The second-order valence-electron chi connectivity index (χ2n) is 7.42. The zero-order valence-corrected chi connectivity index (χ0v) is 13.0. The van der Waals surface area contributed by atoms with Crippen molar-refractivity contribution in [1.29, 1.82) is 0 Å². The van der Waals surface area contributed by atoms with E-state index < -0.39 is 0 Å². The molecule has 0 saturated heterocycles. The minimum absolute atomic E-state index is 0.146. The van der Waals surface area contributed by atoms with Gasteiger partial charge in [-0.05, 0) is 56.4 Å². The van der Waals surface area contributed by atoms with E-state index in [0.29, 0.717) is 11.8 Å². The highest BCUT2D eigenvalue weighted by Crippen LogP contribution is 2.51. The summed E-state index contributed by atoms with van der Waals surface area (Å²) in [5.41, 5.74) is 17.3. The Morgan fingerprint density at radius 2 is 2.05 bits per heavy atom. The second kappa shape index (κ2) is 5.06. The Kier molecular flexibility index (Phi) is 3.95. The molecule has 2 aliphatic rings. The Hall–Kier alpha value is -0.600. The van der Waals surface area contributed by atoms with Crippen LogP contribution in [0.15, 0.2) is 23.3 Å². The van der Waals surface area contributed by atoms with Crippen molar-refractivity contribution in [3.63, 3.8) is 0 Å². The van der Waals surface area contributed by atoms with Gasteiger partial charge in [-0.2, -0.15) is 0 Å². The van der Waals surface area contributed by atoms with Crippen molar-refractivity contribution in [2.75, 3.05) is 0 Å². The van der Waals surface area contributed by atoms with Crippen LogP contribution < -0.4 is 11.5 Å². The third-order valence-corrected chi connectivity index (χ3v) is 5.35. The van der Waals surface area contributed by atoms with Crippen LogP contribution in [0, 0.1) is 17.3 Å². The van der Waals surface area contributed by atoms with Gasteiger partial charge in [0.05, 0.1) is 0 Å². The molecule has 0 aliphatic heterocycles. The van der Waals surface area contributed by atoms with Crippen LogP contribution in [-0.2, 0) is 0 Å². The lowest BCUT2D eigenvalue weighted by Gasteiger charge is -2.50. The van der Waals surface area contributed by atoms with Crippen molar-refractivity contribution >= 4 is 0 Å². The van der Waals surface area contributed by atoms with E-state index in [1.807, 2.05) is 0 Å². The predicted octanol–water partition coefficient (Wildman–Crippen LogP) is 3.38. The van der Waals surface area contributed by atoms with Gasteiger partial charge in [0.25, 0.3) is 0 Å². The molecule has 0 spiro atoms. The molecule has 1 saturated carbocycles. The van der Waals surface area contributed by atoms with E-state index in [1.54, 1.807) is 5.57 Å². The maximum Gasteiger partial charge on any atom is 0.0163 e. The summed E-state index contributed by atoms with van der Waals surface area (Å²) in [6.07, 6.45) is 4.74. The van der Waals surface area contributed by atoms with Gasteiger partial charge in [0.15, 0.2) is 0 Å². The van der Waals surface area contributed by atoms with Gasteiger partial charge >= 0.3 is 0 Å². The zero-order chi connectivity index (χ0) is 14.4. The Morgan fingerprint density at radius 1 is 1.42 bits per heavy atom. The first kappa shape index (κ1) is 14.8. The maximum atomic E-state index is 6.64. The van der Waals surface area contributed by atoms with Crippen molar-refractivity contribution in [2.45, 2.75) is 65.5 Å².